The molecule has 29 heavy (non-hydrogen) atoms. The second-order valence-corrected chi connectivity index (χ2v) is 8.33. The second-order valence-electron chi connectivity index (χ2n) is 7.17. The molecule has 0 radical (unpaired) electrons. The predicted octanol–water partition coefficient (Wildman–Crippen LogP) is 7.10. The summed E-state index contributed by atoms with van der Waals surface area (Å²) in [6.45, 7) is 0. The van der Waals surface area contributed by atoms with Crippen molar-refractivity contribution in [2.24, 2.45) is 0 Å². The van der Waals surface area contributed by atoms with Crippen LogP contribution in [0.1, 0.15) is 0 Å². The van der Waals surface area contributed by atoms with E-state index in [2.05, 4.69) is 95.4 Å². The summed E-state index contributed by atoms with van der Waals surface area (Å²) < 4.78 is 1.03. The van der Waals surface area contributed by atoms with Crippen LogP contribution in [0, 0.1) is 3.57 Å². The van der Waals surface area contributed by atoms with Gasteiger partial charge in [0.25, 0.3) is 0 Å². The number of nitrogen functional groups attached to an aromatic ring is 2. The maximum absolute atomic E-state index is 6.87. The molecule has 0 aliphatic rings. The zero-order chi connectivity index (χ0) is 20.0. The Balaban J connectivity index is 1.98. The fourth-order valence-corrected chi connectivity index (χ4v) is 4.69. The minimum atomic E-state index is 0.758. The molecule has 0 unspecified atom stereocenters. The third-order valence-electron chi connectivity index (χ3n) is 5.46. The number of benzene rings is 5. The largest absolute Gasteiger partial charge is 0.398 e. The van der Waals surface area contributed by atoms with Crippen LogP contribution < -0.4 is 11.5 Å². The van der Waals surface area contributed by atoms with Gasteiger partial charge in [0.05, 0.1) is 5.69 Å². The molecule has 0 bridgehead atoms. The van der Waals surface area contributed by atoms with Crippen LogP contribution >= 0.6 is 22.6 Å². The van der Waals surface area contributed by atoms with Gasteiger partial charge < -0.3 is 11.5 Å². The highest BCUT2D eigenvalue weighted by Crippen LogP contribution is 2.46. The Labute approximate surface area is 183 Å². The van der Waals surface area contributed by atoms with Gasteiger partial charge in [-0.25, -0.2) is 0 Å². The van der Waals surface area contributed by atoms with E-state index in [0.717, 1.165) is 58.7 Å². The van der Waals surface area contributed by atoms with Gasteiger partial charge in [0.2, 0.25) is 0 Å². The Morgan fingerprint density at radius 3 is 1.72 bits per heavy atom. The maximum Gasteiger partial charge on any atom is 0.0536 e. The monoisotopic (exact) mass is 486 g/mol. The number of hydrogen-bond acceptors (Lipinski definition) is 2. The van der Waals surface area contributed by atoms with Crippen LogP contribution in [0.3, 0.4) is 0 Å². The molecule has 0 atom stereocenters. The lowest BCUT2D eigenvalue weighted by atomic mass is 9.88. The first kappa shape index (κ1) is 18.0. The third-order valence-corrected chi connectivity index (χ3v) is 6.36. The minimum Gasteiger partial charge on any atom is -0.398 e. The van der Waals surface area contributed by atoms with Crippen LogP contribution in [0.25, 0.3) is 43.8 Å². The Bertz CT molecular complexity index is 1370. The van der Waals surface area contributed by atoms with Crippen molar-refractivity contribution in [1.29, 1.82) is 0 Å². The van der Waals surface area contributed by atoms with Gasteiger partial charge in [-0.2, -0.15) is 0 Å². The fraction of sp³-hybridized carbons (Fsp3) is 0. The molecular formula is C26H19IN2. The Morgan fingerprint density at radius 1 is 0.552 bits per heavy atom. The van der Waals surface area contributed by atoms with Crippen molar-refractivity contribution < 1.29 is 0 Å². The summed E-state index contributed by atoms with van der Waals surface area (Å²) in [6.07, 6.45) is 0. The number of fused-ring (bicyclic) bond motifs is 2. The first-order valence-corrected chi connectivity index (χ1v) is 10.6. The SMILES string of the molecule is Nc1c(I)cc2ccccc2c1-c1c(N)c(-c2ccccc2)cc2ccccc12. The van der Waals surface area contributed by atoms with Crippen molar-refractivity contribution in [3.63, 3.8) is 0 Å². The summed E-state index contributed by atoms with van der Waals surface area (Å²) in [6, 6.07) is 31.3. The lowest BCUT2D eigenvalue weighted by molar-refractivity contribution is 1.61. The highest BCUT2D eigenvalue weighted by Gasteiger charge is 2.19. The van der Waals surface area contributed by atoms with E-state index in [1.165, 1.54) is 0 Å². The number of halogens is 1. The Morgan fingerprint density at radius 2 is 1.07 bits per heavy atom. The average Bonchev–Trinajstić information content (AvgIpc) is 2.76. The van der Waals surface area contributed by atoms with E-state index in [4.69, 9.17) is 11.5 Å². The zero-order valence-corrected chi connectivity index (χ0v) is 17.9. The van der Waals surface area contributed by atoms with Crippen LogP contribution in [0.15, 0.2) is 91.0 Å². The second kappa shape index (κ2) is 7.08. The van der Waals surface area contributed by atoms with Crippen molar-refractivity contribution in [2.75, 3.05) is 11.5 Å². The van der Waals surface area contributed by atoms with E-state index >= 15 is 0 Å². The van der Waals surface area contributed by atoms with Crippen molar-refractivity contribution in [3.05, 3.63) is 94.6 Å². The average molecular weight is 486 g/mol. The van der Waals surface area contributed by atoms with Crippen LogP contribution in [0.4, 0.5) is 11.4 Å². The molecule has 0 aromatic heterocycles. The van der Waals surface area contributed by atoms with Gasteiger partial charge in [-0.3, -0.25) is 0 Å². The Kier molecular flexibility index (Phi) is 4.40. The molecule has 4 N–H and O–H groups in total. The van der Waals surface area contributed by atoms with Gasteiger partial charge in [0.15, 0.2) is 0 Å². The molecule has 0 fully saturated rings. The van der Waals surface area contributed by atoms with Crippen LogP contribution in [-0.4, -0.2) is 0 Å². The van der Waals surface area contributed by atoms with Gasteiger partial charge in [-0.15, -0.1) is 0 Å². The molecule has 5 aromatic rings. The minimum absolute atomic E-state index is 0.758. The van der Waals surface area contributed by atoms with Gasteiger partial charge >= 0.3 is 0 Å². The molecule has 0 aliphatic heterocycles. The van der Waals surface area contributed by atoms with Crippen LogP contribution in [-0.2, 0) is 0 Å². The van der Waals surface area contributed by atoms with Crippen molar-refractivity contribution in [1.82, 2.24) is 0 Å². The summed E-state index contributed by atoms with van der Waals surface area (Å²) in [5.74, 6) is 0. The topological polar surface area (TPSA) is 52.0 Å². The molecule has 0 amide bonds. The van der Waals surface area contributed by atoms with Gasteiger partial charge in [0, 0.05) is 25.9 Å². The highest BCUT2D eigenvalue weighted by atomic mass is 127. The van der Waals surface area contributed by atoms with E-state index in [9.17, 15) is 0 Å². The summed E-state index contributed by atoms with van der Waals surface area (Å²) in [7, 11) is 0. The summed E-state index contributed by atoms with van der Waals surface area (Å²) in [5.41, 5.74) is 19.2. The molecule has 5 rings (SSSR count). The molecule has 0 aliphatic carbocycles. The normalized spacial score (nSPS) is 11.2. The van der Waals surface area contributed by atoms with E-state index in [1.807, 2.05) is 18.2 Å². The zero-order valence-electron chi connectivity index (χ0n) is 15.7. The summed E-state index contributed by atoms with van der Waals surface area (Å²) in [4.78, 5) is 0. The molecule has 0 saturated carbocycles. The molecular weight excluding hydrogens is 467 g/mol. The van der Waals surface area contributed by atoms with Gasteiger partial charge in [-0.05, 0) is 61.8 Å². The van der Waals surface area contributed by atoms with Crippen molar-refractivity contribution in [3.8, 4) is 22.3 Å². The lowest BCUT2D eigenvalue weighted by Crippen LogP contribution is -2.01. The number of anilines is 2. The van der Waals surface area contributed by atoms with E-state index < -0.39 is 0 Å². The van der Waals surface area contributed by atoms with E-state index in [0.29, 0.717) is 0 Å². The highest BCUT2D eigenvalue weighted by molar-refractivity contribution is 14.1. The van der Waals surface area contributed by atoms with Crippen LogP contribution in [0.2, 0.25) is 0 Å². The van der Waals surface area contributed by atoms with E-state index in [-0.39, 0.29) is 0 Å². The third kappa shape index (κ3) is 2.93. The number of nitrogens with two attached hydrogens (primary N) is 2. The first-order chi connectivity index (χ1) is 14.1. The number of hydrogen-bond donors (Lipinski definition) is 2. The smallest absolute Gasteiger partial charge is 0.0536 e. The molecule has 2 nitrogen and oxygen atoms in total. The molecule has 3 heteroatoms. The van der Waals surface area contributed by atoms with Crippen molar-refractivity contribution in [2.45, 2.75) is 0 Å². The summed E-state index contributed by atoms with van der Waals surface area (Å²) >= 11 is 2.31. The first-order valence-electron chi connectivity index (χ1n) is 9.49. The van der Waals surface area contributed by atoms with Crippen LogP contribution in [0.5, 0.6) is 0 Å². The van der Waals surface area contributed by atoms with Gasteiger partial charge in [-0.1, -0.05) is 78.9 Å². The van der Waals surface area contributed by atoms with E-state index in [1.54, 1.807) is 0 Å². The molecule has 5 aromatic carbocycles. The maximum atomic E-state index is 6.87. The Hall–Kier alpha value is -3.05. The van der Waals surface area contributed by atoms with Crippen molar-refractivity contribution >= 4 is 55.5 Å². The standard InChI is InChI=1S/C26H19IN2/c27-22-15-18-11-5-7-13-20(18)24(26(22)29)23-19-12-6-4-10-17(19)14-21(25(23)28)16-8-2-1-3-9-16/h1-15H,28-29H2. The summed E-state index contributed by atoms with van der Waals surface area (Å²) in [5, 5.41) is 4.55. The predicted molar refractivity (Wildman–Crippen MR) is 134 cm³/mol. The fourth-order valence-electron chi connectivity index (χ4n) is 4.09. The molecule has 0 saturated heterocycles. The quantitative estimate of drug-likeness (QED) is 0.207. The lowest BCUT2D eigenvalue weighted by Gasteiger charge is -2.19. The molecule has 0 spiro atoms. The number of rotatable bonds is 2. The molecule has 0 heterocycles. The molecule has 140 valence electrons. The van der Waals surface area contributed by atoms with Gasteiger partial charge in [0.1, 0.15) is 0 Å².